The first kappa shape index (κ1) is 15.3. The van der Waals surface area contributed by atoms with Crippen LogP contribution in [0.15, 0.2) is 12.3 Å². The number of aromatic carboxylic acids is 1. The van der Waals surface area contributed by atoms with E-state index in [0.717, 1.165) is 25.8 Å². The lowest BCUT2D eigenvalue weighted by atomic mass is 10.1. The molecule has 0 spiro atoms. The number of hydrogen-bond donors (Lipinski definition) is 2. The number of carbonyl (C=O) groups is 1. The van der Waals surface area contributed by atoms with Crippen molar-refractivity contribution in [3.8, 4) is 0 Å². The minimum absolute atomic E-state index is 0.126. The van der Waals surface area contributed by atoms with Crippen molar-refractivity contribution in [2.75, 3.05) is 17.2 Å². The molecule has 0 saturated heterocycles. The highest BCUT2D eigenvalue weighted by atomic mass is 16.4. The van der Waals surface area contributed by atoms with Gasteiger partial charge in [0.2, 0.25) is 0 Å². The molecule has 0 aliphatic carbocycles. The number of pyridine rings is 1. The summed E-state index contributed by atoms with van der Waals surface area (Å²) in [6.07, 6.45) is 4.52. The maximum atomic E-state index is 10.9. The molecule has 0 aliphatic rings. The lowest BCUT2D eigenvalue weighted by Gasteiger charge is -2.30. The zero-order valence-electron chi connectivity index (χ0n) is 11.9. The maximum Gasteiger partial charge on any atom is 0.337 e. The number of aromatic nitrogens is 1. The summed E-state index contributed by atoms with van der Waals surface area (Å²) < 4.78 is 0. The van der Waals surface area contributed by atoms with Crippen LogP contribution in [0.5, 0.6) is 0 Å². The van der Waals surface area contributed by atoms with Crippen LogP contribution in [-0.4, -0.2) is 28.6 Å². The fourth-order valence-electron chi connectivity index (χ4n) is 1.92. The van der Waals surface area contributed by atoms with Crippen molar-refractivity contribution in [2.24, 2.45) is 0 Å². The first-order valence-corrected chi connectivity index (χ1v) is 6.76. The Hall–Kier alpha value is -1.78. The second kappa shape index (κ2) is 6.97. The highest BCUT2D eigenvalue weighted by molar-refractivity contribution is 5.89. The molecule has 0 aliphatic heterocycles. The minimum Gasteiger partial charge on any atom is -0.478 e. The number of carboxylic acid groups (broad SMARTS) is 1. The Kier molecular flexibility index (Phi) is 5.60. The molecule has 0 aromatic carbocycles. The number of hydrogen-bond acceptors (Lipinski definition) is 4. The molecule has 0 radical (unpaired) electrons. The summed E-state index contributed by atoms with van der Waals surface area (Å²) in [6.45, 7) is 7.27. The summed E-state index contributed by atoms with van der Waals surface area (Å²) in [7, 11) is 0. The van der Waals surface area contributed by atoms with Crippen LogP contribution in [0.1, 0.15) is 50.4 Å². The van der Waals surface area contributed by atoms with Crippen molar-refractivity contribution in [1.82, 2.24) is 4.98 Å². The van der Waals surface area contributed by atoms with Gasteiger partial charge in [-0.2, -0.15) is 0 Å². The monoisotopic (exact) mass is 265 g/mol. The number of carboxylic acids is 1. The van der Waals surface area contributed by atoms with Gasteiger partial charge in [-0.05, 0) is 25.8 Å². The first-order chi connectivity index (χ1) is 9.01. The third-order valence-electron chi connectivity index (χ3n) is 3.29. The van der Waals surface area contributed by atoms with Gasteiger partial charge >= 0.3 is 5.97 Å². The van der Waals surface area contributed by atoms with Crippen LogP contribution < -0.4 is 10.6 Å². The second-order valence-electron chi connectivity index (χ2n) is 4.75. The Labute approximate surface area is 114 Å². The Morgan fingerprint density at radius 2 is 2.21 bits per heavy atom. The van der Waals surface area contributed by atoms with E-state index in [1.165, 1.54) is 12.3 Å². The van der Waals surface area contributed by atoms with E-state index < -0.39 is 5.97 Å². The predicted molar refractivity (Wildman–Crippen MR) is 77.6 cm³/mol. The zero-order valence-corrected chi connectivity index (χ0v) is 11.9. The molecule has 5 heteroatoms. The van der Waals surface area contributed by atoms with Gasteiger partial charge in [-0.1, -0.05) is 20.3 Å². The Balaban J connectivity index is 3.04. The maximum absolute atomic E-state index is 10.9. The molecule has 1 unspecified atom stereocenters. The third-order valence-corrected chi connectivity index (χ3v) is 3.29. The fraction of sp³-hybridized carbons (Fsp3) is 0.571. The van der Waals surface area contributed by atoms with E-state index in [4.69, 9.17) is 10.8 Å². The molecule has 0 saturated carbocycles. The number of nitrogen functional groups attached to an aromatic ring is 1. The van der Waals surface area contributed by atoms with Crippen LogP contribution in [0, 0.1) is 0 Å². The molecule has 19 heavy (non-hydrogen) atoms. The molecule has 1 rings (SSSR count). The van der Waals surface area contributed by atoms with Crippen LogP contribution in [0.2, 0.25) is 0 Å². The normalized spacial score (nSPS) is 12.2. The van der Waals surface area contributed by atoms with E-state index in [-0.39, 0.29) is 5.56 Å². The summed E-state index contributed by atoms with van der Waals surface area (Å²) >= 11 is 0. The van der Waals surface area contributed by atoms with Gasteiger partial charge in [0.25, 0.3) is 0 Å². The van der Waals surface area contributed by atoms with Crippen LogP contribution in [-0.2, 0) is 0 Å². The van der Waals surface area contributed by atoms with Crippen molar-refractivity contribution < 1.29 is 9.90 Å². The zero-order chi connectivity index (χ0) is 14.4. The highest BCUT2D eigenvalue weighted by Crippen LogP contribution is 2.24. The highest BCUT2D eigenvalue weighted by Gasteiger charge is 2.17. The van der Waals surface area contributed by atoms with Gasteiger partial charge in [0.05, 0.1) is 11.3 Å². The van der Waals surface area contributed by atoms with Gasteiger partial charge in [-0.25, -0.2) is 9.78 Å². The molecule has 1 aromatic heterocycles. The average Bonchev–Trinajstić information content (AvgIpc) is 2.39. The van der Waals surface area contributed by atoms with Crippen LogP contribution in [0.25, 0.3) is 0 Å². The molecule has 1 atom stereocenters. The van der Waals surface area contributed by atoms with Crippen LogP contribution in [0.3, 0.4) is 0 Å². The van der Waals surface area contributed by atoms with Gasteiger partial charge in [0.1, 0.15) is 0 Å². The van der Waals surface area contributed by atoms with E-state index in [1.54, 1.807) is 0 Å². The number of nitrogens with two attached hydrogens (primary N) is 1. The molecular formula is C14H23N3O2. The minimum atomic E-state index is -1.01. The summed E-state index contributed by atoms with van der Waals surface area (Å²) in [5.41, 5.74) is 6.51. The van der Waals surface area contributed by atoms with Crippen molar-refractivity contribution in [3.63, 3.8) is 0 Å². The Bertz CT molecular complexity index is 435. The largest absolute Gasteiger partial charge is 0.478 e. The Morgan fingerprint density at radius 3 is 2.68 bits per heavy atom. The molecule has 0 fully saturated rings. The van der Waals surface area contributed by atoms with E-state index in [1.807, 2.05) is 0 Å². The predicted octanol–water partition coefficient (Wildman–Crippen LogP) is 2.77. The van der Waals surface area contributed by atoms with Crippen molar-refractivity contribution in [1.29, 1.82) is 0 Å². The van der Waals surface area contributed by atoms with Gasteiger partial charge in [-0.3, -0.25) is 0 Å². The smallest absolute Gasteiger partial charge is 0.337 e. The van der Waals surface area contributed by atoms with Gasteiger partial charge in [-0.15, -0.1) is 0 Å². The van der Waals surface area contributed by atoms with Crippen LogP contribution >= 0.6 is 0 Å². The molecule has 106 valence electrons. The van der Waals surface area contributed by atoms with Crippen molar-refractivity contribution in [3.05, 3.63) is 17.8 Å². The van der Waals surface area contributed by atoms with E-state index in [9.17, 15) is 4.79 Å². The summed E-state index contributed by atoms with van der Waals surface area (Å²) in [5.74, 6) is -0.317. The second-order valence-corrected chi connectivity index (χ2v) is 4.75. The molecular weight excluding hydrogens is 242 g/mol. The van der Waals surface area contributed by atoms with Crippen molar-refractivity contribution >= 4 is 17.5 Å². The van der Waals surface area contributed by atoms with Crippen LogP contribution in [0.4, 0.5) is 11.5 Å². The lowest BCUT2D eigenvalue weighted by Crippen LogP contribution is -2.34. The molecule has 0 bridgehead atoms. The average molecular weight is 265 g/mol. The number of rotatable bonds is 7. The van der Waals surface area contributed by atoms with Crippen molar-refractivity contribution in [2.45, 2.75) is 46.1 Å². The third kappa shape index (κ3) is 3.84. The quantitative estimate of drug-likeness (QED) is 0.792. The standard InChI is InChI=1S/C14H23N3O2/c1-4-6-7-17(10(3)5-2)13-12(15)8-11(9-16-13)14(18)19/h8-10H,4-7,15H2,1-3H3,(H,18,19). The first-order valence-electron chi connectivity index (χ1n) is 6.76. The molecule has 3 N–H and O–H groups in total. The lowest BCUT2D eigenvalue weighted by molar-refractivity contribution is 0.0696. The van der Waals surface area contributed by atoms with E-state index in [0.29, 0.717) is 17.5 Å². The van der Waals surface area contributed by atoms with Gasteiger partial charge < -0.3 is 15.7 Å². The van der Waals surface area contributed by atoms with Gasteiger partial charge in [0, 0.05) is 18.8 Å². The fourth-order valence-corrected chi connectivity index (χ4v) is 1.92. The number of anilines is 2. The summed E-state index contributed by atoms with van der Waals surface area (Å²) in [4.78, 5) is 17.3. The summed E-state index contributed by atoms with van der Waals surface area (Å²) in [6, 6.07) is 1.81. The van der Waals surface area contributed by atoms with E-state index >= 15 is 0 Å². The molecule has 5 nitrogen and oxygen atoms in total. The Morgan fingerprint density at radius 1 is 1.53 bits per heavy atom. The van der Waals surface area contributed by atoms with Gasteiger partial charge in [0.15, 0.2) is 5.82 Å². The summed E-state index contributed by atoms with van der Waals surface area (Å²) in [5, 5.41) is 8.93. The molecule has 1 aromatic rings. The number of nitrogens with zero attached hydrogens (tertiary/aromatic N) is 2. The molecule has 1 heterocycles. The SMILES string of the molecule is CCCCN(c1ncc(C(=O)O)cc1N)C(C)CC. The molecule has 0 amide bonds. The number of unbranched alkanes of at least 4 members (excludes halogenated alkanes) is 1. The van der Waals surface area contributed by atoms with E-state index in [2.05, 4.69) is 30.7 Å². The topological polar surface area (TPSA) is 79.5 Å².